The fourth-order valence-corrected chi connectivity index (χ4v) is 1.33. The van der Waals surface area contributed by atoms with Gasteiger partial charge >= 0.3 is 0 Å². The number of furan rings is 1. The highest BCUT2D eigenvalue weighted by molar-refractivity contribution is 5.81. The van der Waals surface area contributed by atoms with Crippen molar-refractivity contribution in [1.82, 2.24) is 5.32 Å². The van der Waals surface area contributed by atoms with Gasteiger partial charge in [0.05, 0.1) is 12.6 Å². The van der Waals surface area contributed by atoms with E-state index in [-0.39, 0.29) is 5.91 Å². The van der Waals surface area contributed by atoms with E-state index in [9.17, 15) is 4.79 Å². The van der Waals surface area contributed by atoms with Crippen molar-refractivity contribution in [2.75, 3.05) is 0 Å². The lowest BCUT2D eigenvalue weighted by molar-refractivity contribution is -0.122. The normalized spacial score (nSPS) is 12.5. The molecule has 1 amide bonds. The van der Waals surface area contributed by atoms with Gasteiger partial charge in [0.1, 0.15) is 11.5 Å². The zero-order valence-corrected chi connectivity index (χ0v) is 9.25. The molecule has 1 rings (SSSR count). The van der Waals surface area contributed by atoms with Crippen molar-refractivity contribution in [2.24, 2.45) is 5.73 Å². The minimum Gasteiger partial charge on any atom is -0.465 e. The van der Waals surface area contributed by atoms with Gasteiger partial charge in [-0.1, -0.05) is 13.3 Å². The van der Waals surface area contributed by atoms with E-state index in [0.717, 1.165) is 17.9 Å². The molecule has 1 unspecified atom stereocenters. The Hall–Kier alpha value is -1.29. The number of rotatable bonds is 5. The van der Waals surface area contributed by atoms with E-state index in [1.54, 1.807) is 0 Å². The van der Waals surface area contributed by atoms with Gasteiger partial charge in [0.15, 0.2) is 0 Å². The van der Waals surface area contributed by atoms with E-state index < -0.39 is 6.04 Å². The molecule has 0 saturated heterocycles. The lowest BCUT2D eigenvalue weighted by Gasteiger charge is -2.09. The van der Waals surface area contributed by atoms with Gasteiger partial charge in [0.2, 0.25) is 5.91 Å². The summed E-state index contributed by atoms with van der Waals surface area (Å²) in [7, 11) is 0. The summed E-state index contributed by atoms with van der Waals surface area (Å²) in [5.74, 6) is 1.48. The third-order valence-corrected chi connectivity index (χ3v) is 2.17. The molecule has 4 heteroatoms. The van der Waals surface area contributed by atoms with Crippen LogP contribution in [0.1, 0.15) is 31.3 Å². The largest absolute Gasteiger partial charge is 0.465 e. The van der Waals surface area contributed by atoms with Crippen LogP contribution in [-0.2, 0) is 11.3 Å². The van der Waals surface area contributed by atoms with E-state index in [2.05, 4.69) is 5.32 Å². The molecule has 0 aliphatic carbocycles. The lowest BCUT2D eigenvalue weighted by Crippen LogP contribution is -2.39. The predicted octanol–water partition coefficient (Wildman–Crippen LogP) is 1.33. The van der Waals surface area contributed by atoms with Crippen molar-refractivity contribution in [1.29, 1.82) is 0 Å². The fraction of sp³-hybridized carbons (Fsp3) is 0.545. The highest BCUT2D eigenvalue weighted by Crippen LogP contribution is 2.05. The fourth-order valence-electron chi connectivity index (χ4n) is 1.33. The van der Waals surface area contributed by atoms with Crippen LogP contribution in [0, 0.1) is 6.92 Å². The molecule has 4 nitrogen and oxygen atoms in total. The first kappa shape index (κ1) is 11.8. The number of carbonyl (C=O) groups excluding carboxylic acids is 1. The molecular formula is C11H18N2O2. The molecule has 0 bridgehead atoms. The SMILES string of the molecule is CCCC(N)C(=O)NCc1ccc(C)o1. The summed E-state index contributed by atoms with van der Waals surface area (Å²) in [4.78, 5) is 11.4. The van der Waals surface area contributed by atoms with Gasteiger partial charge in [-0.25, -0.2) is 0 Å². The summed E-state index contributed by atoms with van der Waals surface area (Å²) in [6.45, 7) is 4.28. The first-order valence-electron chi connectivity index (χ1n) is 5.22. The molecule has 0 aromatic carbocycles. The molecule has 1 aromatic rings. The lowest BCUT2D eigenvalue weighted by atomic mass is 10.2. The topological polar surface area (TPSA) is 68.3 Å². The van der Waals surface area contributed by atoms with E-state index >= 15 is 0 Å². The maximum absolute atomic E-state index is 11.4. The van der Waals surface area contributed by atoms with Gasteiger partial charge in [0, 0.05) is 0 Å². The number of amides is 1. The summed E-state index contributed by atoms with van der Waals surface area (Å²) >= 11 is 0. The van der Waals surface area contributed by atoms with Crippen LogP contribution in [0.25, 0.3) is 0 Å². The van der Waals surface area contributed by atoms with E-state index in [1.807, 2.05) is 26.0 Å². The van der Waals surface area contributed by atoms with Crippen LogP contribution >= 0.6 is 0 Å². The molecule has 0 spiro atoms. The van der Waals surface area contributed by atoms with E-state index in [0.29, 0.717) is 13.0 Å². The third kappa shape index (κ3) is 3.75. The Kier molecular flexibility index (Phi) is 4.37. The predicted molar refractivity (Wildman–Crippen MR) is 58.2 cm³/mol. The highest BCUT2D eigenvalue weighted by atomic mass is 16.3. The van der Waals surface area contributed by atoms with Gasteiger partial charge in [-0.15, -0.1) is 0 Å². The smallest absolute Gasteiger partial charge is 0.237 e. The standard InChI is InChI=1S/C11H18N2O2/c1-3-4-10(12)11(14)13-7-9-6-5-8(2)15-9/h5-6,10H,3-4,7,12H2,1-2H3,(H,13,14). The monoisotopic (exact) mass is 210 g/mol. The summed E-state index contributed by atoms with van der Waals surface area (Å²) in [6.07, 6.45) is 1.62. The second kappa shape index (κ2) is 5.56. The van der Waals surface area contributed by atoms with Crippen molar-refractivity contribution in [2.45, 2.75) is 39.3 Å². The third-order valence-electron chi connectivity index (χ3n) is 2.17. The maximum Gasteiger partial charge on any atom is 0.237 e. The zero-order valence-electron chi connectivity index (χ0n) is 9.25. The first-order chi connectivity index (χ1) is 7.13. The Labute approximate surface area is 89.8 Å². The second-order valence-electron chi connectivity index (χ2n) is 3.63. The quantitative estimate of drug-likeness (QED) is 0.770. The molecule has 1 atom stereocenters. The van der Waals surface area contributed by atoms with Crippen LogP contribution in [0.15, 0.2) is 16.5 Å². The molecule has 0 aliphatic rings. The minimum absolute atomic E-state index is 0.120. The van der Waals surface area contributed by atoms with Crippen LogP contribution in [0.2, 0.25) is 0 Å². The summed E-state index contributed by atoms with van der Waals surface area (Å²) < 4.78 is 5.32. The molecule has 0 aliphatic heterocycles. The van der Waals surface area contributed by atoms with Crippen LogP contribution in [0.3, 0.4) is 0 Å². The first-order valence-corrected chi connectivity index (χ1v) is 5.22. The molecule has 0 fully saturated rings. The van der Waals surface area contributed by atoms with E-state index in [4.69, 9.17) is 10.2 Å². The Morgan fingerprint density at radius 3 is 2.87 bits per heavy atom. The molecule has 1 heterocycles. The van der Waals surface area contributed by atoms with Gasteiger partial charge in [0.25, 0.3) is 0 Å². The highest BCUT2D eigenvalue weighted by Gasteiger charge is 2.11. The number of nitrogens with one attached hydrogen (secondary N) is 1. The maximum atomic E-state index is 11.4. The second-order valence-corrected chi connectivity index (χ2v) is 3.63. The van der Waals surface area contributed by atoms with Crippen molar-refractivity contribution in [3.05, 3.63) is 23.7 Å². The number of nitrogens with two attached hydrogens (primary N) is 1. The molecule has 84 valence electrons. The van der Waals surface area contributed by atoms with Crippen molar-refractivity contribution in [3.63, 3.8) is 0 Å². The van der Waals surface area contributed by atoms with Crippen molar-refractivity contribution in [3.8, 4) is 0 Å². The molecule has 0 radical (unpaired) electrons. The van der Waals surface area contributed by atoms with Crippen LogP contribution in [0.5, 0.6) is 0 Å². The number of hydrogen-bond donors (Lipinski definition) is 2. The number of carbonyl (C=O) groups is 1. The Balaban J connectivity index is 2.34. The van der Waals surface area contributed by atoms with Gasteiger partial charge in [-0.3, -0.25) is 4.79 Å². The Morgan fingerprint density at radius 1 is 1.60 bits per heavy atom. The van der Waals surface area contributed by atoms with Gasteiger partial charge in [-0.05, 0) is 25.5 Å². The van der Waals surface area contributed by atoms with Crippen LogP contribution < -0.4 is 11.1 Å². The molecule has 0 saturated carbocycles. The zero-order chi connectivity index (χ0) is 11.3. The van der Waals surface area contributed by atoms with Gasteiger partial charge in [-0.2, -0.15) is 0 Å². The molecule has 15 heavy (non-hydrogen) atoms. The van der Waals surface area contributed by atoms with Crippen LogP contribution in [-0.4, -0.2) is 11.9 Å². The molecule has 3 N–H and O–H groups in total. The average molecular weight is 210 g/mol. The Morgan fingerprint density at radius 2 is 2.33 bits per heavy atom. The number of hydrogen-bond acceptors (Lipinski definition) is 3. The number of aryl methyl sites for hydroxylation is 1. The van der Waals surface area contributed by atoms with E-state index in [1.165, 1.54) is 0 Å². The minimum atomic E-state index is -0.411. The van der Waals surface area contributed by atoms with Crippen molar-refractivity contribution >= 4 is 5.91 Å². The molecular weight excluding hydrogens is 192 g/mol. The molecule has 1 aromatic heterocycles. The van der Waals surface area contributed by atoms with Crippen molar-refractivity contribution < 1.29 is 9.21 Å². The van der Waals surface area contributed by atoms with Gasteiger partial charge < -0.3 is 15.5 Å². The van der Waals surface area contributed by atoms with Crippen LogP contribution in [0.4, 0.5) is 0 Å². The summed E-state index contributed by atoms with van der Waals surface area (Å²) in [6, 6.07) is 3.31. The Bertz CT molecular complexity index is 320. The summed E-state index contributed by atoms with van der Waals surface area (Å²) in [5, 5.41) is 2.74. The summed E-state index contributed by atoms with van der Waals surface area (Å²) in [5.41, 5.74) is 5.65. The average Bonchev–Trinajstić information content (AvgIpc) is 2.61.